The van der Waals surface area contributed by atoms with Crippen LogP contribution in [-0.4, -0.2) is 49.7 Å². The highest BCUT2D eigenvalue weighted by molar-refractivity contribution is 7.15. The van der Waals surface area contributed by atoms with Crippen molar-refractivity contribution in [3.63, 3.8) is 0 Å². The molecule has 2 aromatic carbocycles. The van der Waals surface area contributed by atoms with E-state index in [4.69, 9.17) is 14.5 Å². The van der Waals surface area contributed by atoms with Gasteiger partial charge in [-0.15, -0.1) is 21.5 Å². The van der Waals surface area contributed by atoms with E-state index < -0.39 is 23.6 Å². The second-order valence-corrected chi connectivity index (χ2v) is 12.2. The quantitative estimate of drug-likeness (QED) is 0.270. The maximum atomic E-state index is 11.9. The molecule has 2 aromatic heterocycles. The molecule has 1 atom stereocenters. The van der Waals surface area contributed by atoms with Crippen LogP contribution in [0.2, 0.25) is 0 Å². The number of thiophene rings is 1. The van der Waals surface area contributed by atoms with E-state index in [2.05, 4.69) is 24.0 Å². The summed E-state index contributed by atoms with van der Waals surface area (Å²) in [7, 11) is 0. The van der Waals surface area contributed by atoms with Gasteiger partial charge in [0.25, 0.3) is 0 Å². The molecule has 1 aliphatic heterocycles. The van der Waals surface area contributed by atoms with Crippen molar-refractivity contribution < 1.29 is 24.2 Å². The number of rotatable bonds is 7. The van der Waals surface area contributed by atoms with E-state index >= 15 is 0 Å². The van der Waals surface area contributed by atoms with E-state index in [9.17, 15) is 14.7 Å². The topological polar surface area (TPSA) is 116 Å². The van der Waals surface area contributed by atoms with Gasteiger partial charge >= 0.3 is 11.9 Å². The van der Waals surface area contributed by atoms with Crippen molar-refractivity contribution in [1.29, 1.82) is 0 Å². The van der Waals surface area contributed by atoms with Gasteiger partial charge in [0.1, 0.15) is 28.2 Å². The Bertz CT molecular complexity index is 1640. The zero-order chi connectivity index (χ0) is 29.5. The number of esters is 1. The summed E-state index contributed by atoms with van der Waals surface area (Å²) in [6.45, 7) is 11.3. The van der Waals surface area contributed by atoms with Crippen molar-refractivity contribution in [2.75, 3.05) is 6.61 Å². The lowest BCUT2D eigenvalue weighted by Gasteiger charge is -2.19. The van der Waals surface area contributed by atoms with E-state index in [1.54, 1.807) is 11.3 Å². The number of fused-ring (bicyclic) bond motifs is 3. The molecule has 1 aliphatic rings. The Hall–Kier alpha value is -4.31. The van der Waals surface area contributed by atoms with Crippen molar-refractivity contribution in [3.05, 3.63) is 81.7 Å². The fourth-order valence-corrected chi connectivity index (χ4v) is 5.98. The molecule has 0 bridgehead atoms. The predicted octanol–water partition coefficient (Wildman–Crippen LogP) is 6.01. The summed E-state index contributed by atoms with van der Waals surface area (Å²) >= 11 is 1.63. The highest BCUT2D eigenvalue weighted by Gasteiger charge is 2.32. The number of carboxylic acid groups (broad SMARTS) is 1. The molecule has 4 aromatic rings. The first-order chi connectivity index (χ1) is 19.4. The van der Waals surface area contributed by atoms with E-state index in [0.29, 0.717) is 17.4 Å². The number of aromatic nitrogens is 3. The van der Waals surface area contributed by atoms with Crippen LogP contribution in [0.3, 0.4) is 0 Å². The summed E-state index contributed by atoms with van der Waals surface area (Å²) in [6, 6.07) is 14.9. The fourth-order valence-electron chi connectivity index (χ4n) is 4.77. The number of ether oxygens (including phenoxy) is 2. The van der Waals surface area contributed by atoms with Crippen molar-refractivity contribution in [1.82, 2.24) is 14.8 Å². The lowest BCUT2D eigenvalue weighted by atomic mass is 9.97. The number of carbonyl (C=O) groups is 2. The number of aliphatic imine (C=N–C) groups is 1. The third kappa shape index (κ3) is 5.92. The summed E-state index contributed by atoms with van der Waals surface area (Å²) in [5.41, 5.74) is 5.13. The molecule has 0 spiro atoms. The minimum absolute atomic E-state index is 0.158. The van der Waals surface area contributed by atoms with Crippen molar-refractivity contribution >= 4 is 29.0 Å². The summed E-state index contributed by atoms with van der Waals surface area (Å²) in [4.78, 5) is 29.9. The molecule has 0 aliphatic carbocycles. The standard InChI is InChI=1S/C31H32N4O5S/c1-17-18(2)41-30-27(17)28(32-24(15-25(36)37)29-34-33-19(3)35(29)30)22-9-7-20(8-10-22)21-11-13-23(14-12-21)39-16-26(38)40-31(4,5)6/h7-14,24H,15-16H2,1-6H3,(H,36,37)/t24-/m0/s1. The van der Waals surface area contributed by atoms with Crippen LogP contribution in [0.5, 0.6) is 5.75 Å². The summed E-state index contributed by atoms with van der Waals surface area (Å²) in [5.74, 6) is 0.443. The number of aryl methyl sites for hydroxylation is 2. The zero-order valence-electron chi connectivity index (χ0n) is 23.9. The van der Waals surface area contributed by atoms with E-state index in [-0.39, 0.29) is 13.0 Å². The predicted molar refractivity (Wildman–Crippen MR) is 157 cm³/mol. The SMILES string of the molecule is Cc1sc2c(c1C)C(c1ccc(-c3ccc(OCC(=O)OC(C)(C)C)cc3)cc1)=N[C@@H](CC(=O)O)c1nnc(C)n1-2. The maximum absolute atomic E-state index is 11.9. The monoisotopic (exact) mass is 572 g/mol. The van der Waals surface area contributed by atoms with Gasteiger partial charge in [-0.1, -0.05) is 36.4 Å². The number of hydrogen-bond acceptors (Lipinski definition) is 8. The molecule has 5 rings (SSSR count). The van der Waals surface area contributed by atoms with E-state index in [0.717, 1.165) is 43.4 Å². The number of hydrogen-bond donors (Lipinski definition) is 1. The number of carbonyl (C=O) groups excluding carboxylic acids is 1. The second-order valence-electron chi connectivity index (χ2n) is 11.0. The average molecular weight is 573 g/mol. The Morgan fingerprint density at radius 3 is 2.17 bits per heavy atom. The molecule has 0 radical (unpaired) electrons. The van der Waals surface area contributed by atoms with Crippen LogP contribution in [0.1, 0.15) is 66.5 Å². The molecular weight excluding hydrogens is 540 g/mol. The van der Waals surface area contributed by atoms with Crippen molar-refractivity contribution in [2.24, 2.45) is 4.99 Å². The molecule has 212 valence electrons. The maximum Gasteiger partial charge on any atom is 0.344 e. The molecule has 0 saturated heterocycles. The molecule has 10 heteroatoms. The normalized spacial score (nSPS) is 14.5. The Kier molecular flexibility index (Phi) is 7.52. The molecule has 41 heavy (non-hydrogen) atoms. The third-order valence-electron chi connectivity index (χ3n) is 6.73. The molecule has 0 unspecified atom stereocenters. The van der Waals surface area contributed by atoms with Crippen LogP contribution >= 0.6 is 11.3 Å². The summed E-state index contributed by atoms with van der Waals surface area (Å²) in [5, 5.41) is 19.2. The minimum atomic E-state index is -0.947. The van der Waals surface area contributed by atoms with E-state index in [1.165, 1.54) is 0 Å². The first kappa shape index (κ1) is 28.2. The highest BCUT2D eigenvalue weighted by atomic mass is 32.1. The Morgan fingerprint density at radius 2 is 1.56 bits per heavy atom. The van der Waals surface area contributed by atoms with Crippen molar-refractivity contribution in [3.8, 4) is 21.9 Å². The number of carboxylic acids is 1. The van der Waals surface area contributed by atoms with Gasteiger partial charge in [0.15, 0.2) is 12.4 Å². The summed E-state index contributed by atoms with van der Waals surface area (Å²) in [6.07, 6.45) is -0.185. The average Bonchev–Trinajstić information content (AvgIpc) is 3.39. The van der Waals surface area contributed by atoms with E-state index in [1.807, 2.05) is 80.8 Å². The van der Waals surface area contributed by atoms with Crippen LogP contribution in [-0.2, 0) is 14.3 Å². The molecule has 1 N–H and O–H groups in total. The van der Waals surface area contributed by atoms with Crippen molar-refractivity contribution in [2.45, 2.75) is 59.6 Å². The van der Waals surface area contributed by atoms with Gasteiger partial charge in [0.2, 0.25) is 0 Å². The van der Waals surface area contributed by atoms with Crippen LogP contribution in [0, 0.1) is 20.8 Å². The van der Waals surface area contributed by atoms with Crippen LogP contribution in [0.4, 0.5) is 0 Å². The molecule has 3 heterocycles. The summed E-state index contributed by atoms with van der Waals surface area (Å²) < 4.78 is 12.8. The second kappa shape index (κ2) is 10.9. The lowest BCUT2D eigenvalue weighted by Crippen LogP contribution is -2.27. The van der Waals surface area contributed by atoms with Crippen LogP contribution < -0.4 is 4.74 Å². The molecule has 0 amide bonds. The highest BCUT2D eigenvalue weighted by Crippen LogP contribution is 2.39. The first-order valence-corrected chi connectivity index (χ1v) is 14.1. The van der Waals surface area contributed by atoms with Gasteiger partial charge in [-0.25, -0.2) is 4.79 Å². The largest absolute Gasteiger partial charge is 0.482 e. The van der Waals surface area contributed by atoms with Gasteiger partial charge in [-0.05, 0) is 70.4 Å². The Labute approximate surface area is 242 Å². The number of aliphatic carboxylic acids is 1. The third-order valence-corrected chi connectivity index (χ3v) is 7.92. The molecule has 0 saturated carbocycles. The number of benzene rings is 2. The van der Waals surface area contributed by atoms with Crippen LogP contribution in [0.15, 0.2) is 53.5 Å². The Morgan fingerprint density at radius 1 is 0.951 bits per heavy atom. The van der Waals surface area contributed by atoms with Gasteiger partial charge < -0.3 is 14.6 Å². The lowest BCUT2D eigenvalue weighted by molar-refractivity contribution is -0.157. The van der Waals surface area contributed by atoms with Crippen LogP contribution in [0.25, 0.3) is 16.1 Å². The fraction of sp³-hybridized carbons (Fsp3) is 0.323. The zero-order valence-corrected chi connectivity index (χ0v) is 24.7. The Balaban J connectivity index is 1.43. The van der Waals surface area contributed by atoms with Gasteiger partial charge in [-0.2, -0.15) is 0 Å². The smallest absolute Gasteiger partial charge is 0.344 e. The van der Waals surface area contributed by atoms with Gasteiger partial charge in [0, 0.05) is 16.0 Å². The molecule has 9 nitrogen and oxygen atoms in total. The first-order valence-electron chi connectivity index (χ1n) is 13.3. The molecular formula is C31H32N4O5S. The minimum Gasteiger partial charge on any atom is -0.482 e. The van der Waals surface area contributed by atoms with Gasteiger partial charge in [0.05, 0.1) is 12.1 Å². The number of nitrogens with zero attached hydrogens (tertiary/aromatic N) is 4. The molecule has 0 fully saturated rings. The van der Waals surface area contributed by atoms with Gasteiger partial charge in [-0.3, -0.25) is 14.4 Å².